The molecule has 0 radical (unpaired) electrons. The van der Waals surface area contributed by atoms with Gasteiger partial charge in [-0.1, -0.05) is 18.2 Å². The van der Waals surface area contributed by atoms with Gasteiger partial charge in [0.2, 0.25) is 0 Å². The van der Waals surface area contributed by atoms with E-state index in [-0.39, 0.29) is 25.5 Å². The van der Waals surface area contributed by atoms with Crippen LogP contribution in [0.25, 0.3) is 0 Å². The molecular weight excluding hydrogens is 493 g/mol. The van der Waals surface area contributed by atoms with Crippen molar-refractivity contribution in [3.8, 4) is 6.07 Å². The zero-order valence-electron chi connectivity index (χ0n) is 22.0. The predicted molar refractivity (Wildman–Crippen MR) is 140 cm³/mol. The number of rotatable bonds is 6. The molecule has 2 aliphatic heterocycles. The number of carbonyl (C=O) groups excluding carboxylic acids is 1. The molecule has 2 aliphatic rings. The molecule has 0 bridgehead atoms. The summed E-state index contributed by atoms with van der Waals surface area (Å²) in [5.41, 5.74) is 5.32. The van der Waals surface area contributed by atoms with Crippen LogP contribution in [0.1, 0.15) is 45.5 Å². The van der Waals surface area contributed by atoms with Crippen LogP contribution >= 0.6 is 0 Å². The van der Waals surface area contributed by atoms with Crippen molar-refractivity contribution in [2.75, 3.05) is 50.8 Å². The van der Waals surface area contributed by atoms with E-state index in [2.05, 4.69) is 11.0 Å². The number of nitriles is 1. The second-order valence-corrected chi connectivity index (χ2v) is 10.5. The van der Waals surface area contributed by atoms with Gasteiger partial charge in [0.15, 0.2) is 0 Å². The molecular formula is C29H35F3N4O2. The topological polar surface area (TPSA) is 70.8 Å². The monoisotopic (exact) mass is 528 g/mol. The van der Waals surface area contributed by atoms with Gasteiger partial charge in [-0.25, -0.2) is 0 Å². The SMILES string of the molecule is Cc1cc(C)c(C(=O)N2CCN(CC(F)(F)F)[C@H](CO)C2)cc1CC1CCN(c2ccccc2C#N)CC1. The molecule has 38 heavy (non-hydrogen) atoms. The number of aliphatic hydroxyl groups excluding tert-OH is 1. The molecule has 1 amide bonds. The lowest BCUT2D eigenvalue weighted by atomic mass is 9.86. The van der Waals surface area contributed by atoms with Crippen molar-refractivity contribution in [1.29, 1.82) is 5.26 Å². The standard InChI is InChI=1S/C29H35F3N4O2/c1-20-13-21(2)26(28(38)35-11-12-36(19-29(30,31)32)25(17-35)18-37)15-24(20)14-22-7-9-34(10-8-22)27-6-4-3-5-23(27)16-33/h3-6,13,15,22,25,37H,7-12,14,17-19H2,1-2H3/t25-/m0/s1. The molecule has 4 rings (SSSR count). The van der Waals surface area contributed by atoms with Gasteiger partial charge >= 0.3 is 6.18 Å². The van der Waals surface area contributed by atoms with Crippen molar-refractivity contribution < 1.29 is 23.1 Å². The molecule has 2 saturated heterocycles. The summed E-state index contributed by atoms with van der Waals surface area (Å²) < 4.78 is 38.8. The van der Waals surface area contributed by atoms with E-state index in [9.17, 15) is 28.3 Å². The van der Waals surface area contributed by atoms with Crippen molar-refractivity contribution in [2.45, 2.75) is 45.3 Å². The molecule has 2 heterocycles. The highest BCUT2D eigenvalue weighted by molar-refractivity contribution is 5.96. The van der Waals surface area contributed by atoms with Crippen LogP contribution in [-0.4, -0.2) is 78.9 Å². The molecule has 0 aliphatic carbocycles. The number of piperidine rings is 1. The normalized spacial score (nSPS) is 19.4. The van der Waals surface area contributed by atoms with Crippen LogP contribution < -0.4 is 4.90 Å². The number of para-hydroxylation sites is 1. The molecule has 1 N–H and O–H groups in total. The molecule has 2 aromatic carbocycles. The van der Waals surface area contributed by atoms with Gasteiger partial charge in [-0.2, -0.15) is 18.4 Å². The first kappa shape index (κ1) is 27.9. The van der Waals surface area contributed by atoms with Crippen LogP contribution in [0.5, 0.6) is 0 Å². The third kappa shape index (κ3) is 6.48. The van der Waals surface area contributed by atoms with Crippen molar-refractivity contribution in [1.82, 2.24) is 9.80 Å². The second kappa shape index (κ2) is 11.7. The average Bonchev–Trinajstić information content (AvgIpc) is 2.89. The molecule has 0 spiro atoms. The Morgan fingerprint density at radius 2 is 1.79 bits per heavy atom. The van der Waals surface area contributed by atoms with Crippen LogP contribution in [0.4, 0.5) is 18.9 Å². The van der Waals surface area contributed by atoms with Gasteiger partial charge in [-0.15, -0.1) is 0 Å². The Morgan fingerprint density at radius 1 is 1.08 bits per heavy atom. The van der Waals surface area contributed by atoms with Crippen LogP contribution in [0.3, 0.4) is 0 Å². The molecule has 2 aromatic rings. The number of anilines is 1. The van der Waals surface area contributed by atoms with E-state index >= 15 is 0 Å². The summed E-state index contributed by atoms with van der Waals surface area (Å²) >= 11 is 0. The number of aliphatic hydroxyl groups is 1. The average molecular weight is 529 g/mol. The highest BCUT2D eigenvalue weighted by Crippen LogP contribution is 2.30. The van der Waals surface area contributed by atoms with Crippen LogP contribution in [-0.2, 0) is 6.42 Å². The lowest BCUT2D eigenvalue weighted by Crippen LogP contribution is -2.58. The molecule has 0 aromatic heterocycles. The summed E-state index contributed by atoms with van der Waals surface area (Å²) in [6, 6.07) is 13.2. The summed E-state index contributed by atoms with van der Waals surface area (Å²) in [6.07, 6.45) is -1.54. The van der Waals surface area contributed by atoms with Gasteiger partial charge in [0.25, 0.3) is 5.91 Å². The summed E-state index contributed by atoms with van der Waals surface area (Å²) in [4.78, 5) is 18.5. The van der Waals surface area contributed by atoms with Crippen molar-refractivity contribution in [3.63, 3.8) is 0 Å². The Kier molecular flexibility index (Phi) is 8.64. The molecule has 1 atom stereocenters. The van der Waals surface area contributed by atoms with E-state index in [0.29, 0.717) is 17.0 Å². The molecule has 2 fully saturated rings. The fourth-order valence-electron chi connectivity index (χ4n) is 5.74. The Bertz CT molecular complexity index is 1190. The number of nitrogens with zero attached hydrogens (tertiary/aromatic N) is 4. The number of benzene rings is 2. The lowest BCUT2D eigenvalue weighted by Gasteiger charge is -2.41. The van der Waals surface area contributed by atoms with Gasteiger partial charge in [-0.3, -0.25) is 9.69 Å². The van der Waals surface area contributed by atoms with E-state index in [1.54, 1.807) is 4.90 Å². The summed E-state index contributed by atoms with van der Waals surface area (Å²) in [5, 5.41) is 19.1. The fraction of sp³-hybridized carbons (Fsp3) is 0.517. The summed E-state index contributed by atoms with van der Waals surface area (Å²) in [7, 11) is 0. The fourth-order valence-corrected chi connectivity index (χ4v) is 5.74. The van der Waals surface area contributed by atoms with Crippen LogP contribution in [0, 0.1) is 31.1 Å². The maximum absolute atomic E-state index is 13.5. The maximum atomic E-state index is 13.5. The van der Waals surface area contributed by atoms with Gasteiger partial charge in [0.1, 0.15) is 6.07 Å². The molecule has 9 heteroatoms. The van der Waals surface area contributed by atoms with E-state index < -0.39 is 25.4 Å². The number of amides is 1. The molecule has 6 nitrogen and oxygen atoms in total. The van der Waals surface area contributed by atoms with E-state index in [1.165, 1.54) is 4.90 Å². The number of hydrogen-bond donors (Lipinski definition) is 1. The first-order valence-electron chi connectivity index (χ1n) is 13.1. The minimum Gasteiger partial charge on any atom is -0.395 e. The van der Waals surface area contributed by atoms with E-state index in [4.69, 9.17) is 0 Å². The number of alkyl halides is 3. The number of hydrogen-bond acceptors (Lipinski definition) is 5. The summed E-state index contributed by atoms with van der Waals surface area (Å²) in [6.45, 7) is 4.47. The third-order valence-electron chi connectivity index (χ3n) is 7.89. The Balaban J connectivity index is 1.42. The van der Waals surface area contributed by atoms with Crippen LogP contribution in [0.15, 0.2) is 36.4 Å². The summed E-state index contributed by atoms with van der Waals surface area (Å²) in [5.74, 6) is 0.256. The maximum Gasteiger partial charge on any atom is 0.401 e. The first-order chi connectivity index (χ1) is 18.1. The van der Waals surface area contributed by atoms with Crippen LogP contribution in [0.2, 0.25) is 0 Å². The molecule has 0 unspecified atom stereocenters. The smallest absolute Gasteiger partial charge is 0.395 e. The highest BCUT2D eigenvalue weighted by atomic mass is 19.4. The van der Waals surface area contributed by atoms with Gasteiger partial charge in [0.05, 0.1) is 30.4 Å². The number of halogens is 3. The van der Waals surface area contributed by atoms with Crippen molar-refractivity contribution in [3.05, 3.63) is 64.2 Å². The van der Waals surface area contributed by atoms with Gasteiger partial charge in [-0.05, 0) is 73.9 Å². The number of carbonyl (C=O) groups is 1. The van der Waals surface area contributed by atoms with E-state index in [1.807, 2.05) is 50.2 Å². The highest BCUT2D eigenvalue weighted by Gasteiger charge is 2.37. The largest absolute Gasteiger partial charge is 0.401 e. The first-order valence-corrected chi connectivity index (χ1v) is 13.1. The quantitative estimate of drug-likeness (QED) is 0.605. The predicted octanol–water partition coefficient (Wildman–Crippen LogP) is 4.32. The Hall–Kier alpha value is -3.09. The minimum absolute atomic E-state index is 0.0662. The van der Waals surface area contributed by atoms with Crippen molar-refractivity contribution >= 4 is 11.6 Å². The van der Waals surface area contributed by atoms with E-state index in [0.717, 1.165) is 54.7 Å². The molecule has 0 saturated carbocycles. The number of piperazine rings is 1. The Labute approximate surface area is 222 Å². The lowest BCUT2D eigenvalue weighted by molar-refractivity contribution is -0.156. The number of aryl methyl sites for hydroxylation is 2. The van der Waals surface area contributed by atoms with Crippen molar-refractivity contribution in [2.24, 2.45) is 5.92 Å². The third-order valence-corrected chi connectivity index (χ3v) is 7.89. The Morgan fingerprint density at radius 3 is 2.45 bits per heavy atom. The zero-order chi connectivity index (χ0) is 27.4. The van der Waals surface area contributed by atoms with Gasteiger partial charge < -0.3 is 14.9 Å². The second-order valence-electron chi connectivity index (χ2n) is 10.5. The zero-order valence-corrected chi connectivity index (χ0v) is 22.0. The minimum atomic E-state index is -4.35. The van der Waals surface area contributed by atoms with Gasteiger partial charge in [0, 0.05) is 38.3 Å². The molecule has 204 valence electrons.